The van der Waals surface area contributed by atoms with Crippen LogP contribution in [0.2, 0.25) is 0 Å². The minimum Gasteiger partial charge on any atom is -0.389 e. The second-order valence-electron chi connectivity index (χ2n) is 4.28. The molecule has 1 rings (SSSR count). The van der Waals surface area contributed by atoms with Crippen LogP contribution in [0.4, 0.5) is 0 Å². The fraction of sp³-hybridized carbons (Fsp3) is 0.727. The molecule has 0 aliphatic rings. The lowest BCUT2D eigenvalue weighted by Crippen LogP contribution is -2.34. The number of hydrogen-bond donors (Lipinski definition) is 2. The SMILES string of the molecule is CCCn1cc(S(=O)(=O)NCC(O)COC)nc1C. The van der Waals surface area contributed by atoms with E-state index >= 15 is 0 Å². The van der Waals surface area contributed by atoms with Crippen LogP contribution < -0.4 is 4.72 Å². The number of methoxy groups -OCH3 is 1. The van der Waals surface area contributed by atoms with Crippen molar-refractivity contribution >= 4 is 10.0 Å². The summed E-state index contributed by atoms with van der Waals surface area (Å²) >= 11 is 0. The number of nitrogens with one attached hydrogen (secondary N) is 1. The van der Waals surface area contributed by atoms with Crippen LogP contribution in [-0.4, -0.2) is 49.4 Å². The summed E-state index contributed by atoms with van der Waals surface area (Å²) < 4.78 is 32.8. The van der Waals surface area contributed by atoms with Crippen molar-refractivity contribution in [2.75, 3.05) is 20.3 Å². The molecule has 110 valence electrons. The van der Waals surface area contributed by atoms with Gasteiger partial charge in [-0.05, 0) is 13.3 Å². The number of sulfonamides is 1. The molecule has 1 aromatic rings. The quantitative estimate of drug-likeness (QED) is 0.697. The molecule has 0 amide bonds. The summed E-state index contributed by atoms with van der Waals surface area (Å²) in [6.07, 6.45) is 1.53. The molecule has 1 aromatic heterocycles. The van der Waals surface area contributed by atoms with Crippen molar-refractivity contribution in [2.24, 2.45) is 0 Å². The molecule has 19 heavy (non-hydrogen) atoms. The van der Waals surface area contributed by atoms with Crippen LogP contribution in [0, 0.1) is 6.92 Å². The summed E-state index contributed by atoms with van der Waals surface area (Å²) in [5.41, 5.74) is 0. The smallest absolute Gasteiger partial charge is 0.259 e. The zero-order valence-electron chi connectivity index (χ0n) is 11.5. The zero-order valence-corrected chi connectivity index (χ0v) is 12.3. The molecule has 0 radical (unpaired) electrons. The van der Waals surface area contributed by atoms with Crippen molar-refractivity contribution in [1.29, 1.82) is 0 Å². The normalized spacial score (nSPS) is 13.7. The highest BCUT2D eigenvalue weighted by atomic mass is 32.2. The maximum atomic E-state index is 12.0. The Bertz CT molecular complexity index is 498. The maximum Gasteiger partial charge on any atom is 0.259 e. The molecule has 0 aliphatic carbocycles. The third-order valence-electron chi connectivity index (χ3n) is 2.56. The Kier molecular flexibility index (Phi) is 5.92. The Morgan fingerprint density at radius 2 is 2.26 bits per heavy atom. The second kappa shape index (κ2) is 6.99. The molecule has 1 atom stereocenters. The number of aromatic nitrogens is 2. The first kappa shape index (κ1) is 16.1. The Hall–Kier alpha value is -0.960. The number of nitrogens with zero attached hydrogens (tertiary/aromatic N) is 2. The van der Waals surface area contributed by atoms with Gasteiger partial charge in [-0.3, -0.25) is 0 Å². The molecule has 1 heterocycles. The predicted molar refractivity (Wildman–Crippen MR) is 70.3 cm³/mol. The minimum atomic E-state index is -3.69. The molecular weight excluding hydrogens is 270 g/mol. The highest BCUT2D eigenvalue weighted by Crippen LogP contribution is 2.09. The second-order valence-corrected chi connectivity index (χ2v) is 5.99. The Morgan fingerprint density at radius 3 is 2.84 bits per heavy atom. The number of rotatable bonds is 8. The fourth-order valence-corrected chi connectivity index (χ4v) is 2.69. The summed E-state index contributed by atoms with van der Waals surface area (Å²) in [5.74, 6) is 0.652. The summed E-state index contributed by atoms with van der Waals surface area (Å²) in [6.45, 7) is 4.46. The molecule has 0 bridgehead atoms. The fourth-order valence-electron chi connectivity index (χ4n) is 1.61. The van der Waals surface area contributed by atoms with Gasteiger partial charge in [0.2, 0.25) is 0 Å². The van der Waals surface area contributed by atoms with Crippen molar-refractivity contribution in [3.05, 3.63) is 12.0 Å². The number of hydrogen-bond acceptors (Lipinski definition) is 5. The van der Waals surface area contributed by atoms with Gasteiger partial charge >= 0.3 is 0 Å². The van der Waals surface area contributed by atoms with Crippen LogP contribution >= 0.6 is 0 Å². The van der Waals surface area contributed by atoms with E-state index in [-0.39, 0.29) is 18.2 Å². The molecule has 0 aliphatic heterocycles. The highest BCUT2D eigenvalue weighted by molar-refractivity contribution is 7.89. The standard InChI is InChI=1S/C11H21N3O4S/c1-4-5-14-7-11(13-9(14)2)19(16,17)12-6-10(15)8-18-3/h7,10,12,15H,4-6,8H2,1-3H3. The van der Waals surface area contributed by atoms with E-state index in [1.54, 1.807) is 11.5 Å². The van der Waals surface area contributed by atoms with E-state index < -0.39 is 16.1 Å². The lowest BCUT2D eigenvalue weighted by atomic mass is 10.4. The molecule has 7 nitrogen and oxygen atoms in total. The molecule has 0 spiro atoms. The lowest BCUT2D eigenvalue weighted by molar-refractivity contribution is 0.0679. The molecule has 0 fully saturated rings. The molecule has 0 saturated carbocycles. The van der Waals surface area contributed by atoms with Gasteiger partial charge in [0.1, 0.15) is 5.82 Å². The zero-order chi connectivity index (χ0) is 14.5. The van der Waals surface area contributed by atoms with Gasteiger partial charge in [-0.25, -0.2) is 18.1 Å². The highest BCUT2D eigenvalue weighted by Gasteiger charge is 2.20. The van der Waals surface area contributed by atoms with E-state index in [9.17, 15) is 13.5 Å². The molecule has 0 aromatic carbocycles. The van der Waals surface area contributed by atoms with Crippen LogP contribution in [0.5, 0.6) is 0 Å². The van der Waals surface area contributed by atoms with Gasteiger partial charge in [0.25, 0.3) is 10.0 Å². The topological polar surface area (TPSA) is 93.5 Å². The van der Waals surface area contributed by atoms with Gasteiger partial charge in [0.15, 0.2) is 5.03 Å². The van der Waals surface area contributed by atoms with Crippen molar-refractivity contribution in [1.82, 2.24) is 14.3 Å². The summed E-state index contributed by atoms with van der Waals surface area (Å²) in [6, 6.07) is 0. The minimum absolute atomic E-state index is 0.0249. The maximum absolute atomic E-state index is 12.0. The van der Waals surface area contributed by atoms with E-state index in [2.05, 4.69) is 9.71 Å². The summed E-state index contributed by atoms with van der Waals surface area (Å²) in [5, 5.41) is 9.40. The number of aliphatic hydroxyl groups is 1. The molecule has 2 N–H and O–H groups in total. The van der Waals surface area contributed by atoms with E-state index in [4.69, 9.17) is 4.74 Å². The van der Waals surface area contributed by atoms with Crippen LogP contribution in [-0.2, 0) is 21.3 Å². The first-order valence-corrected chi connectivity index (χ1v) is 7.59. The lowest BCUT2D eigenvalue weighted by Gasteiger charge is -2.09. The number of ether oxygens (including phenoxy) is 1. The Morgan fingerprint density at radius 1 is 1.58 bits per heavy atom. The first-order valence-electron chi connectivity index (χ1n) is 6.11. The van der Waals surface area contributed by atoms with Gasteiger partial charge in [0, 0.05) is 26.4 Å². The molecule has 0 saturated heterocycles. The van der Waals surface area contributed by atoms with E-state index in [0.29, 0.717) is 5.82 Å². The molecular formula is C11H21N3O4S. The van der Waals surface area contributed by atoms with Gasteiger partial charge in [0.05, 0.1) is 12.7 Å². The van der Waals surface area contributed by atoms with Crippen molar-refractivity contribution in [3.63, 3.8) is 0 Å². The Balaban J connectivity index is 2.74. The van der Waals surface area contributed by atoms with Crippen molar-refractivity contribution in [2.45, 2.75) is 37.9 Å². The van der Waals surface area contributed by atoms with Crippen molar-refractivity contribution < 1.29 is 18.3 Å². The average Bonchev–Trinajstić information content (AvgIpc) is 2.71. The Labute approximate surface area is 113 Å². The van der Waals surface area contributed by atoms with Gasteiger partial charge < -0.3 is 14.4 Å². The largest absolute Gasteiger partial charge is 0.389 e. The predicted octanol–water partition coefficient (Wildman–Crippen LogP) is -0.113. The molecule has 8 heteroatoms. The third kappa shape index (κ3) is 4.57. The van der Waals surface area contributed by atoms with Gasteiger partial charge in [-0.15, -0.1) is 0 Å². The average molecular weight is 291 g/mol. The third-order valence-corrected chi connectivity index (χ3v) is 3.86. The van der Waals surface area contributed by atoms with Crippen LogP contribution in [0.3, 0.4) is 0 Å². The van der Waals surface area contributed by atoms with E-state index in [1.165, 1.54) is 13.3 Å². The summed E-state index contributed by atoms with van der Waals surface area (Å²) in [7, 11) is -2.25. The molecule has 1 unspecified atom stereocenters. The van der Waals surface area contributed by atoms with Gasteiger partial charge in [-0.1, -0.05) is 6.92 Å². The van der Waals surface area contributed by atoms with Crippen molar-refractivity contribution in [3.8, 4) is 0 Å². The number of imidazole rings is 1. The van der Waals surface area contributed by atoms with Crippen LogP contribution in [0.15, 0.2) is 11.2 Å². The summed E-state index contributed by atoms with van der Waals surface area (Å²) in [4.78, 5) is 4.02. The van der Waals surface area contributed by atoms with Crippen LogP contribution in [0.25, 0.3) is 0 Å². The number of aryl methyl sites for hydroxylation is 2. The van der Waals surface area contributed by atoms with Gasteiger partial charge in [-0.2, -0.15) is 0 Å². The monoisotopic (exact) mass is 291 g/mol. The first-order chi connectivity index (χ1) is 8.90. The number of aliphatic hydroxyl groups excluding tert-OH is 1. The van der Waals surface area contributed by atoms with E-state index in [1.807, 2.05) is 6.92 Å². The van der Waals surface area contributed by atoms with Crippen LogP contribution in [0.1, 0.15) is 19.2 Å². The van der Waals surface area contributed by atoms with E-state index in [0.717, 1.165) is 13.0 Å².